The Labute approximate surface area is 146 Å². The van der Waals surface area contributed by atoms with Gasteiger partial charge < -0.3 is 10.6 Å². The maximum atomic E-state index is 6.22. The van der Waals surface area contributed by atoms with Gasteiger partial charge in [-0.15, -0.1) is 11.3 Å². The van der Waals surface area contributed by atoms with Crippen LogP contribution >= 0.6 is 22.9 Å². The van der Waals surface area contributed by atoms with Crippen molar-refractivity contribution in [3.63, 3.8) is 0 Å². The van der Waals surface area contributed by atoms with E-state index in [1.165, 1.54) is 21.1 Å². The Morgan fingerprint density at radius 3 is 2.83 bits per heavy atom. The van der Waals surface area contributed by atoms with Gasteiger partial charge in [-0.25, -0.2) is 5.01 Å². The van der Waals surface area contributed by atoms with E-state index in [0.717, 1.165) is 49.9 Å². The van der Waals surface area contributed by atoms with E-state index in [-0.39, 0.29) is 0 Å². The van der Waals surface area contributed by atoms with Gasteiger partial charge in [-0.1, -0.05) is 18.5 Å². The molecule has 0 radical (unpaired) electrons. The summed E-state index contributed by atoms with van der Waals surface area (Å²) in [5.41, 5.74) is 3.68. The molecule has 0 atom stereocenters. The second-order valence-corrected chi connectivity index (χ2v) is 7.48. The molecule has 1 aromatic heterocycles. The third-order valence-corrected chi connectivity index (χ3v) is 5.94. The third-order valence-electron chi connectivity index (χ3n) is 4.41. The highest BCUT2D eigenvalue weighted by Crippen LogP contribution is 2.44. The highest BCUT2D eigenvalue weighted by molar-refractivity contribution is 7.16. The molecular weight excluding hydrogens is 328 g/mol. The van der Waals surface area contributed by atoms with E-state index in [0.29, 0.717) is 0 Å². The number of fused-ring (bicyclic) bond motifs is 2. The highest BCUT2D eigenvalue weighted by atomic mass is 35.5. The quantitative estimate of drug-likeness (QED) is 0.863. The van der Waals surface area contributed by atoms with Gasteiger partial charge in [-0.3, -0.25) is 5.01 Å². The van der Waals surface area contributed by atoms with E-state index >= 15 is 0 Å². The van der Waals surface area contributed by atoms with Gasteiger partial charge in [-0.05, 0) is 30.7 Å². The Kier molecular flexibility index (Phi) is 4.20. The molecule has 3 heterocycles. The summed E-state index contributed by atoms with van der Waals surface area (Å²) < 4.78 is 0. The maximum Gasteiger partial charge on any atom is 0.116 e. The first-order valence-electron chi connectivity index (χ1n) is 8.17. The van der Waals surface area contributed by atoms with E-state index in [2.05, 4.69) is 39.7 Å². The second-order valence-electron chi connectivity index (χ2n) is 5.93. The van der Waals surface area contributed by atoms with Gasteiger partial charge in [0.15, 0.2) is 0 Å². The Bertz CT molecular complexity index is 709. The number of nitrogens with zero attached hydrogens (tertiary/aromatic N) is 2. The summed E-state index contributed by atoms with van der Waals surface area (Å²) in [5.74, 6) is 0. The molecule has 23 heavy (non-hydrogen) atoms. The van der Waals surface area contributed by atoms with Crippen molar-refractivity contribution in [2.45, 2.75) is 19.9 Å². The normalized spacial score (nSPS) is 18.1. The molecule has 2 aliphatic rings. The lowest BCUT2D eigenvalue weighted by atomic mass is 10.2. The van der Waals surface area contributed by atoms with E-state index in [1.54, 1.807) is 0 Å². The van der Waals surface area contributed by atoms with Crippen LogP contribution in [-0.4, -0.2) is 31.2 Å². The Hall–Kier alpha value is -1.27. The molecule has 1 aromatic carbocycles. The second kappa shape index (κ2) is 6.32. The number of piperazine rings is 1. The molecule has 4 rings (SSSR count). The molecule has 0 amide bonds. The predicted molar refractivity (Wildman–Crippen MR) is 99.1 cm³/mol. The molecule has 1 fully saturated rings. The van der Waals surface area contributed by atoms with Gasteiger partial charge in [0.25, 0.3) is 0 Å². The van der Waals surface area contributed by atoms with Crippen molar-refractivity contribution < 1.29 is 0 Å². The minimum atomic E-state index is 0.774. The van der Waals surface area contributed by atoms with Crippen LogP contribution in [0, 0.1) is 0 Å². The van der Waals surface area contributed by atoms with E-state index in [1.807, 2.05) is 23.5 Å². The number of anilines is 3. The molecule has 0 aliphatic carbocycles. The zero-order chi connectivity index (χ0) is 15.8. The molecule has 0 spiro atoms. The number of thiophene rings is 1. The van der Waals surface area contributed by atoms with Crippen molar-refractivity contribution in [2.24, 2.45) is 0 Å². The summed E-state index contributed by atoms with van der Waals surface area (Å²) in [7, 11) is 0. The lowest BCUT2D eigenvalue weighted by Crippen LogP contribution is -2.50. The van der Waals surface area contributed by atoms with Crippen LogP contribution in [0.25, 0.3) is 0 Å². The van der Waals surface area contributed by atoms with Crippen molar-refractivity contribution in [3.8, 4) is 0 Å². The summed E-state index contributed by atoms with van der Waals surface area (Å²) in [4.78, 5) is 1.44. The zero-order valence-corrected chi connectivity index (χ0v) is 14.8. The van der Waals surface area contributed by atoms with Crippen LogP contribution < -0.4 is 15.6 Å². The van der Waals surface area contributed by atoms with Gasteiger partial charge in [0.2, 0.25) is 0 Å². The van der Waals surface area contributed by atoms with E-state index in [9.17, 15) is 0 Å². The highest BCUT2D eigenvalue weighted by Gasteiger charge is 2.28. The number of hydrogen-bond donors (Lipinski definition) is 2. The van der Waals surface area contributed by atoms with Crippen molar-refractivity contribution in [3.05, 3.63) is 39.7 Å². The van der Waals surface area contributed by atoms with Crippen molar-refractivity contribution in [1.29, 1.82) is 0 Å². The van der Waals surface area contributed by atoms with Gasteiger partial charge >= 0.3 is 0 Å². The Morgan fingerprint density at radius 1 is 1.22 bits per heavy atom. The van der Waals surface area contributed by atoms with Crippen molar-refractivity contribution >= 4 is 39.3 Å². The van der Waals surface area contributed by atoms with E-state index < -0.39 is 0 Å². The zero-order valence-electron chi connectivity index (χ0n) is 13.2. The average molecular weight is 349 g/mol. The van der Waals surface area contributed by atoms with E-state index in [4.69, 9.17) is 11.6 Å². The van der Waals surface area contributed by atoms with Gasteiger partial charge in [0.05, 0.1) is 11.4 Å². The molecule has 2 aliphatic heterocycles. The molecule has 2 aromatic rings. The maximum absolute atomic E-state index is 6.22. The number of hydrazine groups is 1. The lowest BCUT2D eigenvalue weighted by Gasteiger charge is -2.38. The van der Waals surface area contributed by atoms with Gasteiger partial charge in [0.1, 0.15) is 5.00 Å². The monoisotopic (exact) mass is 348 g/mol. The molecule has 0 bridgehead atoms. The average Bonchev–Trinajstić information content (AvgIpc) is 2.93. The van der Waals surface area contributed by atoms with Gasteiger partial charge in [0, 0.05) is 48.2 Å². The lowest BCUT2D eigenvalue weighted by molar-refractivity contribution is 0.245. The van der Waals surface area contributed by atoms with Crippen molar-refractivity contribution in [2.75, 3.05) is 36.5 Å². The van der Waals surface area contributed by atoms with Crippen LogP contribution in [0.5, 0.6) is 0 Å². The number of aryl methyl sites for hydroxylation is 1. The summed E-state index contributed by atoms with van der Waals surface area (Å²) in [6.45, 7) is 7.15. The summed E-state index contributed by atoms with van der Waals surface area (Å²) >= 11 is 8.13. The number of nitrogens with one attached hydrogen (secondary N) is 2. The van der Waals surface area contributed by atoms with Crippen LogP contribution in [0.15, 0.2) is 24.3 Å². The Balaban J connectivity index is 1.84. The molecule has 2 N–H and O–H groups in total. The molecule has 0 saturated carbocycles. The van der Waals surface area contributed by atoms with Crippen molar-refractivity contribution in [1.82, 2.24) is 10.3 Å². The van der Waals surface area contributed by atoms with Crippen LogP contribution in [0.2, 0.25) is 5.02 Å². The van der Waals surface area contributed by atoms with Crippen LogP contribution in [-0.2, 0) is 13.0 Å². The Morgan fingerprint density at radius 2 is 2.04 bits per heavy atom. The fourth-order valence-corrected chi connectivity index (χ4v) is 4.55. The molecule has 0 unspecified atom stereocenters. The minimum Gasteiger partial charge on any atom is -0.379 e. The number of rotatable bonds is 2. The summed E-state index contributed by atoms with van der Waals surface area (Å²) in [6.07, 6.45) is 1.08. The molecular formula is C17H21ClN4S. The first-order chi connectivity index (χ1) is 11.3. The molecule has 1 saturated heterocycles. The first kappa shape index (κ1) is 15.3. The standard InChI is InChI=1S/C17H21ClN4S/c1-2-14-9-12-11-20-15-10-13(18)3-4-16(15)22(17(12)23-14)21-7-5-19-6-8-21/h3-4,9-10,19-20H,2,5-8,11H2,1H3. The summed E-state index contributed by atoms with van der Waals surface area (Å²) in [5, 5.41) is 14.0. The molecule has 6 heteroatoms. The fourth-order valence-electron chi connectivity index (χ4n) is 3.22. The van der Waals surface area contributed by atoms with Crippen LogP contribution in [0.3, 0.4) is 0 Å². The SMILES string of the molecule is CCc1cc2c(s1)N(N1CCNCC1)c1ccc(Cl)cc1NC2. The number of benzene rings is 1. The largest absolute Gasteiger partial charge is 0.379 e. The van der Waals surface area contributed by atoms with Crippen LogP contribution in [0.4, 0.5) is 16.4 Å². The molecule has 4 nitrogen and oxygen atoms in total. The smallest absolute Gasteiger partial charge is 0.116 e. The predicted octanol–water partition coefficient (Wildman–Crippen LogP) is 3.85. The number of halogens is 1. The third kappa shape index (κ3) is 2.83. The topological polar surface area (TPSA) is 30.5 Å². The van der Waals surface area contributed by atoms with Crippen LogP contribution in [0.1, 0.15) is 17.4 Å². The fraction of sp³-hybridized carbons (Fsp3) is 0.412. The molecule has 122 valence electrons. The first-order valence-corrected chi connectivity index (χ1v) is 9.36. The number of hydrogen-bond acceptors (Lipinski definition) is 5. The van der Waals surface area contributed by atoms with Gasteiger partial charge in [-0.2, -0.15) is 0 Å². The minimum absolute atomic E-state index is 0.774. The summed E-state index contributed by atoms with van der Waals surface area (Å²) in [6, 6.07) is 8.49.